The Morgan fingerprint density at radius 3 is 2.73 bits per heavy atom. The minimum atomic E-state index is -0.643. The van der Waals surface area contributed by atoms with Crippen molar-refractivity contribution >= 4 is 67.3 Å². The van der Waals surface area contributed by atoms with E-state index in [4.69, 9.17) is 10.5 Å². The maximum atomic E-state index is 13.9. The van der Waals surface area contributed by atoms with Gasteiger partial charge in [-0.15, -0.1) is 0 Å². The summed E-state index contributed by atoms with van der Waals surface area (Å²) >= 11 is 3.32. The summed E-state index contributed by atoms with van der Waals surface area (Å²) in [6, 6.07) is 10.3. The van der Waals surface area contributed by atoms with Crippen molar-refractivity contribution in [2.45, 2.75) is 58.7 Å². The summed E-state index contributed by atoms with van der Waals surface area (Å²) in [6.45, 7) is 6.09. The highest BCUT2D eigenvalue weighted by Gasteiger charge is 2.43. The number of aryl methyl sites for hydroxylation is 1. The summed E-state index contributed by atoms with van der Waals surface area (Å²) in [5.74, 6) is 0.106. The second-order valence-electron chi connectivity index (χ2n) is 10.3. The number of anilines is 2. The number of benzene rings is 1. The maximum Gasteiger partial charge on any atom is 0.306 e. The van der Waals surface area contributed by atoms with Gasteiger partial charge in [0.15, 0.2) is 0 Å². The number of carbonyl (C=O) groups is 3. The highest BCUT2D eigenvalue weighted by atomic mass is 79.9. The van der Waals surface area contributed by atoms with Gasteiger partial charge in [-0.1, -0.05) is 19.1 Å². The average molecular weight is 623 g/mol. The van der Waals surface area contributed by atoms with Gasteiger partial charge < -0.3 is 25.3 Å². The van der Waals surface area contributed by atoms with E-state index in [0.717, 1.165) is 16.5 Å². The number of hydrogen-bond acceptors (Lipinski definition) is 8. The number of nitrogen functional groups attached to an aromatic ring is 1. The second kappa shape index (κ2) is 11.8. The van der Waals surface area contributed by atoms with Crippen LogP contribution in [0.1, 0.15) is 39.2 Å². The van der Waals surface area contributed by atoms with Crippen LogP contribution in [-0.4, -0.2) is 60.9 Å². The first-order valence-corrected chi connectivity index (χ1v) is 14.4. The molecule has 11 nitrogen and oxygen atoms in total. The number of rotatable bonds is 8. The quantitative estimate of drug-likeness (QED) is 0.221. The van der Waals surface area contributed by atoms with Crippen LogP contribution in [-0.2, 0) is 32.1 Å². The molecule has 0 radical (unpaired) electrons. The molecular formula is C29H32BrN7O4. The molecule has 1 aromatic carbocycles. The van der Waals surface area contributed by atoms with Crippen molar-refractivity contribution in [3.8, 4) is 0 Å². The molecule has 214 valence electrons. The van der Waals surface area contributed by atoms with Crippen LogP contribution in [0.2, 0.25) is 0 Å². The van der Waals surface area contributed by atoms with Gasteiger partial charge in [-0.05, 0) is 78.4 Å². The molecule has 5 rings (SSSR count). The minimum Gasteiger partial charge on any atom is -0.466 e. The number of esters is 1. The van der Waals surface area contributed by atoms with E-state index in [1.54, 1.807) is 30.0 Å². The van der Waals surface area contributed by atoms with E-state index in [0.29, 0.717) is 46.7 Å². The highest BCUT2D eigenvalue weighted by molar-refractivity contribution is 9.10. The van der Waals surface area contributed by atoms with Crippen molar-refractivity contribution in [2.24, 2.45) is 5.92 Å². The summed E-state index contributed by atoms with van der Waals surface area (Å²) in [5.41, 5.74) is 8.51. The van der Waals surface area contributed by atoms with E-state index in [9.17, 15) is 14.4 Å². The molecule has 1 fully saturated rings. The number of halogens is 1. The van der Waals surface area contributed by atoms with Crippen LogP contribution < -0.4 is 11.1 Å². The van der Waals surface area contributed by atoms with Gasteiger partial charge in [-0.25, -0.2) is 15.0 Å². The third-order valence-electron chi connectivity index (χ3n) is 7.70. The number of pyridine rings is 1. The zero-order valence-electron chi connectivity index (χ0n) is 23.1. The lowest BCUT2D eigenvalue weighted by Crippen LogP contribution is -2.47. The lowest BCUT2D eigenvalue weighted by atomic mass is 10.0. The third kappa shape index (κ3) is 5.74. The number of amides is 2. The standard InChI is InChI=1S/C29H32BrN7O4/c1-4-41-25(39)11-9-18-8-10-20-19(13-18)26-27(31)32-15-33-28(26)36(20)14-24(38)37-17(3)16(2)12-21(37)29(40)35-23-7-5-6-22(30)34-23/h5-8,10,13,15-17,21H,4,9,11-12,14H2,1-3H3,(H2,31,32,33)(H,34,35,40)/t16-,17-,21+/m1/s1. The molecule has 0 aliphatic carbocycles. The van der Waals surface area contributed by atoms with Crippen molar-refractivity contribution in [3.05, 3.63) is 52.9 Å². The SMILES string of the molecule is CCOC(=O)CCc1ccc2c(c1)c1c(N)ncnc1n2CC(=O)N1[C@H](C)[C@H](C)C[C@H]1C(=O)Nc1cccc(Br)n1. The third-order valence-corrected chi connectivity index (χ3v) is 8.14. The molecule has 0 spiro atoms. The van der Waals surface area contributed by atoms with Gasteiger partial charge in [0.25, 0.3) is 0 Å². The van der Waals surface area contributed by atoms with Gasteiger partial charge in [0.1, 0.15) is 40.8 Å². The average Bonchev–Trinajstić information content (AvgIpc) is 3.41. The molecule has 1 aliphatic rings. The summed E-state index contributed by atoms with van der Waals surface area (Å²) in [4.78, 5) is 53.8. The van der Waals surface area contributed by atoms with Crippen LogP contribution in [0.15, 0.2) is 47.3 Å². The molecule has 2 amide bonds. The Morgan fingerprint density at radius 1 is 1.17 bits per heavy atom. The van der Waals surface area contributed by atoms with Crippen LogP contribution >= 0.6 is 15.9 Å². The number of hydrogen-bond donors (Lipinski definition) is 2. The number of fused-ring (bicyclic) bond motifs is 3. The predicted octanol–water partition coefficient (Wildman–Crippen LogP) is 4.08. The first-order chi connectivity index (χ1) is 19.7. The molecule has 0 bridgehead atoms. The van der Waals surface area contributed by atoms with Crippen molar-refractivity contribution in [1.29, 1.82) is 0 Å². The summed E-state index contributed by atoms with van der Waals surface area (Å²) in [6.07, 6.45) is 2.67. The number of likely N-dealkylation sites (tertiary alicyclic amines) is 1. The highest BCUT2D eigenvalue weighted by Crippen LogP contribution is 2.34. The predicted molar refractivity (Wildman–Crippen MR) is 159 cm³/mol. The zero-order chi connectivity index (χ0) is 29.3. The molecule has 1 aliphatic heterocycles. The first-order valence-electron chi connectivity index (χ1n) is 13.6. The summed E-state index contributed by atoms with van der Waals surface area (Å²) in [7, 11) is 0. The zero-order valence-corrected chi connectivity index (χ0v) is 24.7. The maximum absolute atomic E-state index is 13.9. The lowest BCUT2D eigenvalue weighted by molar-refractivity contribution is -0.143. The Kier molecular flexibility index (Phi) is 8.20. The van der Waals surface area contributed by atoms with Gasteiger partial charge in [0.05, 0.1) is 17.5 Å². The van der Waals surface area contributed by atoms with Gasteiger partial charge >= 0.3 is 5.97 Å². The van der Waals surface area contributed by atoms with Crippen LogP contribution in [0, 0.1) is 5.92 Å². The van der Waals surface area contributed by atoms with Crippen LogP contribution in [0.25, 0.3) is 21.9 Å². The fourth-order valence-electron chi connectivity index (χ4n) is 5.54. The summed E-state index contributed by atoms with van der Waals surface area (Å²) in [5, 5.41) is 4.30. The number of nitrogens with two attached hydrogens (primary N) is 1. The van der Waals surface area contributed by atoms with E-state index < -0.39 is 6.04 Å². The van der Waals surface area contributed by atoms with E-state index in [-0.39, 0.29) is 42.7 Å². The fraction of sp³-hybridized carbons (Fsp3) is 0.379. The fourth-order valence-corrected chi connectivity index (χ4v) is 5.88. The topological polar surface area (TPSA) is 145 Å². The Morgan fingerprint density at radius 2 is 1.98 bits per heavy atom. The van der Waals surface area contributed by atoms with Crippen molar-refractivity contribution in [1.82, 2.24) is 24.4 Å². The molecule has 12 heteroatoms. The number of aromatic nitrogens is 4. The normalized spacial score (nSPS) is 18.6. The summed E-state index contributed by atoms with van der Waals surface area (Å²) < 4.78 is 7.48. The molecule has 0 saturated carbocycles. The van der Waals surface area contributed by atoms with Crippen molar-refractivity contribution in [2.75, 3.05) is 17.7 Å². The molecule has 0 unspecified atom stereocenters. The van der Waals surface area contributed by atoms with Crippen LogP contribution in [0.4, 0.5) is 11.6 Å². The van der Waals surface area contributed by atoms with E-state index in [1.165, 1.54) is 6.33 Å². The Hall–Kier alpha value is -4.06. The molecule has 41 heavy (non-hydrogen) atoms. The number of carbonyl (C=O) groups excluding carboxylic acids is 3. The molecule has 1 saturated heterocycles. The van der Waals surface area contributed by atoms with E-state index in [1.807, 2.05) is 36.6 Å². The molecule has 3 atom stereocenters. The Balaban J connectivity index is 1.45. The monoisotopic (exact) mass is 621 g/mol. The number of ether oxygens (including phenoxy) is 1. The molecule has 4 aromatic rings. The van der Waals surface area contributed by atoms with E-state index in [2.05, 4.69) is 36.2 Å². The number of nitrogens with one attached hydrogen (secondary N) is 1. The molecular weight excluding hydrogens is 590 g/mol. The van der Waals surface area contributed by atoms with Gasteiger partial charge in [-0.3, -0.25) is 14.4 Å². The van der Waals surface area contributed by atoms with Crippen LogP contribution in [0.5, 0.6) is 0 Å². The van der Waals surface area contributed by atoms with Crippen molar-refractivity contribution in [3.63, 3.8) is 0 Å². The van der Waals surface area contributed by atoms with Crippen LogP contribution in [0.3, 0.4) is 0 Å². The molecule has 3 aromatic heterocycles. The Labute approximate surface area is 245 Å². The minimum absolute atomic E-state index is 0.0331. The smallest absolute Gasteiger partial charge is 0.306 e. The Bertz CT molecular complexity index is 1640. The molecule has 4 heterocycles. The van der Waals surface area contributed by atoms with Gasteiger partial charge in [0, 0.05) is 17.8 Å². The van der Waals surface area contributed by atoms with Gasteiger partial charge in [-0.2, -0.15) is 0 Å². The number of nitrogens with zero attached hydrogens (tertiary/aromatic N) is 5. The van der Waals surface area contributed by atoms with E-state index >= 15 is 0 Å². The van der Waals surface area contributed by atoms with Gasteiger partial charge in [0.2, 0.25) is 11.8 Å². The molecule has 3 N–H and O–H groups in total. The second-order valence-corrected chi connectivity index (χ2v) is 11.1. The largest absolute Gasteiger partial charge is 0.466 e. The van der Waals surface area contributed by atoms with Crippen molar-refractivity contribution < 1.29 is 19.1 Å². The first kappa shape index (κ1) is 28.5. The lowest BCUT2D eigenvalue weighted by Gasteiger charge is -2.29.